The molecule has 2 aromatic rings. The van der Waals surface area contributed by atoms with Crippen LogP contribution in [0.15, 0.2) is 52.3 Å². The van der Waals surface area contributed by atoms with Crippen LogP contribution in [0.2, 0.25) is 0 Å². The number of hydrogen-bond acceptors (Lipinski definition) is 8. The number of sulfonamides is 2. The van der Waals surface area contributed by atoms with Crippen LogP contribution in [0.1, 0.15) is 5.56 Å². The van der Waals surface area contributed by atoms with Crippen molar-refractivity contribution in [2.45, 2.75) is 22.3 Å². The van der Waals surface area contributed by atoms with Crippen LogP contribution >= 0.6 is 0 Å². The first-order valence-electron chi connectivity index (χ1n) is 11.6. The van der Waals surface area contributed by atoms with Crippen molar-refractivity contribution < 1.29 is 26.3 Å². The Morgan fingerprint density at radius 1 is 1.06 bits per heavy atom. The number of hydrogen-bond donors (Lipinski definition) is 3. The Bertz CT molecular complexity index is 1230. The average Bonchev–Trinajstić information content (AvgIpc) is 2.83. The summed E-state index contributed by atoms with van der Waals surface area (Å²) in [4.78, 5) is 5.72. The van der Waals surface area contributed by atoms with E-state index in [4.69, 9.17) is 5.14 Å². The van der Waals surface area contributed by atoms with E-state index < -0.39 is 38.5 Å². The number of halogens is 1. The summed E-state index contributed by atoms with van der Waals surface area (Å²) >= 11 is 0. The molecule has 0 bridgehead atoms. The van der Waals surface area contributed by atoms with Crippen molar-refractivity contribution in [2.75, 3.05) is 64.9 Å². The van der Waals surface area contributed by atoms with Crippen LogP contribution in [-0.2, 0) is 26.5 Å². The number of nitrogens with one attached hydrogen (secondary N) is 1. The highest BCUT2D eigenvalue weighted by Gasteiger charge is 2.27. The highest BCUT2D eigenvalue weighted by molar-refractivity contribution is 7.90. The summed E-state index contributed by atoms with van der Waals surface area (Å²) in [6.45, 7) is 3.93. The molecule has 3 rings (SSSR count). The maximum Gasteiger partial charge on any atom is 0.240 e. The minimum Gasteiger partial charge on any atom is -0.395 e. The van der Waals surface area contributed by atoms with E-state index in [2.05, 4.69) is 14.5 Å². The Kier molecular flexibility index (Phi) is 9.44. The first kappa shape index (κ1) is 28.4. The standard InChI is InChI=1S/C23H34FN5O5S2/c1-27(2)9-10-28-11-13-29(14-12-28)22-8-7-21(16-23(22)35(25,31)32)36(33,34)26-20(17-30)15-18-3-5-19(24)6-4-18/h3-8,16,20,26,30H,9-15,17H2,1-2H3,(H2,25,31,32). The van der Waals surface area contributed by atoms with E-state index in [1.54, 1.807) is 0 Å². The van der Waals surface area contributed by atoms with Gasteiger partial charge < -0.3 is 14.9 Å². The van der Waals surface area contributed by atoms with Crippen molar-refractivity contribution >= 4 is 25.7 Å². The van der Waals surface area contributed by atoms with E-state index >= 15 is 0 Å². The lowest BCUT2D eigenvalue weighted by Crippen LogP contribution is -2.48. The number of piperazine rings is 1. The number of anilines is 1. The SMILES string of the molecule is CN(C)CCN1CCN(c2ccc(S(=O)(=O)NC(CO)Cc3ccc(F)cc3)cc2S(N)(=O)=O)CC1. The van der Waals surface area contributed by atoms with Crippen LogP contribution in [0, 0.1) is 5.82 Å². The van der Waals surface area contributed by atoms with Gasteiger partial charge in [-0.05, 0) is 56.4 Å². The molecule has 1 heterocycles. The smallest absolute Gasteiger partial charge is 0.240 e. The third-order valence-electron chi connectivity index (χ3n) is 6.06. The molecule has 1 unspecified atom stereocenters. The second kappa shape index (κ2) is 11.9. The predicted octanol–water partition coefficient (Wildman–Crippen LogP) is 0.0386. The number of rotatable bonds is 11. The predicted molar refractivity (Wildman–Crippen MR) is 136 cm³/mol. The maximum atomic E-state index is 13.2. The second-order valence-electron chi connectivity index (χ2n) is 9.14. The number of benzene rings is 2. The average molecular weight is 544 g/mol. The van der Waals surface area contributed by atoms with Crippen molar-refractivity contribution in [3.05, 3.63) is 53.8 Å². The number of nitrogens with two attached hydrogens (primary N) is 1. The van der Waals surface area contributed by atoms with Gasteiger partial charge in [0, 0.05) is 45.3 Å². The van der Waals surface area contributed by atoms with Crippen LogP contribution in [0.4, 0.5) is 10.1 Å². The largest absolute Gasteiger partial charge is 0.395 e. The van der Waals surface area contributed by atoms with E-state index in [9.17, 15) is 26.3 Å². The van der Waals surface area contributed by atoms with Crippen molar-refractivity contribution in [3.63, 3.8) is 0 Å². The van der Waals surface area contributed by atoms with Gasteiger partial charge >= 0.3 is 0 Å². The zero-order valence-corrected chi connectivity index (χ0v) is 22.1. The molecule has 1 saturated heterocycles. The summed E-state index contributed by atoms with van der Waals surface area (Å²) < 4.78 is 66.5. The van der Waals surface area contributed by atoms with Crippen LogP contribution in [-0.4, -0.2) is 97.8 Å². The van der Waals surface area contributed by atoms with Gasteiger partial charge in [0.1, 0.15) is 10.7 Å². The van der Waals surface area contributed by atoms with Gasteiger partial charge in [-0.25, -0.2) is 31.1 Å². The number of aliphatic hydroxyl groups excluding tert-OH is 1. The highest BCUT2D eigenvalue weighted by atomic mass is 32.2. The van der Waals surface area contributed by atoms with E-state index in [-0.39, 0.29) is 16.2 Å². The first-order valence-corrected chi connectivity index (χ1v) is 14.6. The van der Waals surface area contributed by atoms with E-state index in [0.717, 1.165) is 32.2 Å². The lowest BCUT2D eigenvalue weighted by Gasteiger charge is -2.37. The fourth-order valence-electron chi connectivity index (χ4n) is 4.04. The molecule has 1 aliphatic rings. The minimum absolute atomic E-state index is 0.119. The topological polar surface area (TPSA) is 136 Å². The number of aliphatic hydroxyl groups is 1. The highest BCUT2D eigenvalue weighted by Crippen LogP contribution is 2.28. The quantitative estimate of drug-likeness (QED) is 0.362. The lowest BCUT2D eigenvalue weighted by atomic mass is 10.1. The maximum absolute atomic E-state index is 13.2. The Balaban J connectivity index is 1.79. The molecule has 1 atom stereocenters. The fraction of sp³-hybridized carbons (Fsp3) is 0.478. The summed E-state index contributed by atoms with van der Waals surface area (Å²) in [5.74, 6) is -0.425. The minimum atomic E-state index is -4.23. The van der Waals surface area contributed by atoms with E-state index in [1.165, 1.54) is 36.4 Å². The zero-order chi connectivity index (χ0) is 26.5. The molecule has 36 heavy (non-hydrogen) atoms. The molecule has 13 heteroatoms. The molecule has 0 spiro atoms. The summed E-state index contributed by atoms with van der Waals surface area (Å²) in [6.07, 6.45) is 0.119. The molecule has 10 nitrogen and oxygen atoms in total. The van der Waals surface area contributed by atoms with Gasteiger partial charge in [-0.2, -0.15) is 0 Å². The van der Waals surface area contributed by atoms with Crippen LogP contribution < -0.4 is 14.8 Å². The van der Waals surface area contributed by atoms with Gasteiger partial charge in [0.25, 0.3) is 0 Å². The summed E-state index contributed by atoms with van der Waals surface area (Å²) in [6, 6.07) is 8.44. The Morgan fingerprint density at radius 3 is 2.25 bits per heavy atom. The van der Waals surface area contributed by atoms with Gasteiger partial charge in [-0.15, -0.1) is 0 Å². The third-order valence-corrected chi connectivity index (χ3v) is 8.52. The van der Waals surface area contributed by atoms with Crippen molar-refractivity contribution in [2.24, 2.45) is 5.14 Å². The van der Waals surface area contributed by atoms with Gasteiger partial charge in [0.2, 0.25) is 20.0 Å². The Hall–Kier alpha value is -2.13. The molecule has 0 radical (unpaired) electrons. The molecule has 0 aromatic heterocycles. The molecular weight excluding hydrogens is 509 g/mol. The lowest BCUT2D eigenvalue weighted by molar-refractivity contribution is 0.229. The fourth-order valence-corrected chi connectivity index (χ4v) is 6.15. The number of nitrogens with zero attached hydrogens (tertiary/aromatic N) is 3. The van der Waals surface area contributed by atoms with Crippen LogP contribution in [0.25, 0.3) is 0 Å². The Morgan fingerprint density at radius 2 is 1.69 bits per heavy atom. The molecule has 2 aromatic carbocycles. The molecule has 1 aliphatic heterocycles. The summed E-state index contributed by atoms with van der Waals surface area (Å²) in [5.41, 5.74) is 0.983. The van der Waals surface area contributed by atoms with Gasteiger partial charge in [0.05, 0.1) is 17.2 Å². The molecular formula is C23H34FN5O5S2. The molecule has 0 amide bonds. The normalized spacial score (nSPS) is 16.4. The first-order chi connectivity index (χ1) is 16.9. The summed E-state index contributed by atoms with van der Waals surface area (Å²) in [7, 11) is -4.41. The zero-order valence-electron chi connectivity index (χ0n) is 20.5. The second-order valence-corrected chi connectivity index (χ2v) is 12.4. The monoisotopic (exact) mass is 543 g/mol. The van der Waals surface area contributed by atoms with Crippen molar-refractivity contribution in [3.8, 4) is 0 Å². The molecule has 1 fully saturated rings. The van der Waals surface area contributed by atoms with Crippen LogP contribution in [0.5, 0.6) is 0 Å². The summed E-state index contributed by atoms with van der Waals surface area (Å²) in [5, 5.41) is 15.2. The molecule has 0 aliphatic carbocycles. The molecule has 4 N–H and O–H groups in total. The van der Waals surface area contributed by atoms with E-state index in [0.29, 0.717) is 24.3 Å². The van der Waals surface area contributed by atoms with Crippen molar-refractivity contribution in [1.29, 1.82) is 0 Å². The van der Waals surface area contributed by atoms with Gasteiger partial charge in [-0.3, -0.25) is 4.90 Å². The van der Waals surface area contributed by atoms with E-state index in [1.807, 2.05) is 19.0 Å². The molecule has 0 saturated carbocycles. The van der Waals surface area contributed by atoms with Gasteiger partial charge in [-0.1, -0.05) is 12.1 Å². The number of likely N-dealkylation sites (N-methyl/N-ethyl adjacent to an activating group) is 1. The molecule has 200 valence electrons. The third kappa shape index (κ3) is 7.68. The van der Waals surface area contributed by atoms with Crippen molar-refractivity contribution in [1.82, 2.24) is 14.5 Å². The van der Waals surface area contributed by atoms with Gasteiger partial charge in [0.15, 0.2) is 0 Å². The number of primary sulfonamides is 1. The van der Waals surface area contributed by atoms with Crippen LogP contribution in [0.3, 0.4) is 0 Å². The Labute approximate surface area is 212 Å².